The number of nitrogens with zero attached hydrogens (tertiary/aromatic N) is 3. The second kappa shape index (κ2) is 6.82. The van der Waals surface area contributed by atoms with E-state index in [2.05, 4.69) is 15.4 Å². The van der Waals surface area contributed by atoms with Gasteiger partial charge >= 0.3 is 5.97 Å². The normalized spacial score (nSPS) is 16.7. The van der Waals surface area contributed by atoms with E-state index < -0.39 is 6.04 Å². The maximum atomic E-state index is 12.6. The number of carbonyl (C=O) groups excluding carboxylic acids is 2. The fourth-order valence-electron chi connectivity index (χ4n) is 2.61. The number of nitrogens with one attached hydrogen (secondary N) is 1. The van der Waals surface area contributed by atoms with Crippen LogP contribution in [0.4, 0.5) is 0 Å². The summed E-state index contributed by atoms with van der Waals surface area (Å²) in [4.78, 5) is 26.2. The number of hydrogen-bond acceptors (Lipinski definition) is 6. The Hall–Kier alpha value is -2.35. The van der Waals surface area contributed by atoms with Gasteiger partial charge in [0, 0.05) is 13.0 Å². The van der Waals surface area contributed by atoms with Crippen molar-refractivity contribution in [2.75, 3.05) is 12.9 Å². The van der Waals surface area contributed by atoms with Gasteiger partial charge in [-0.05, 0) is 11.1 Å². The molecule has 2 aromatic rings. The van der Waals surface area contributed by atoms with Gasteiger partial charge in [0.25, 0.3) is 0 Å². The predicted molar refractivity (Wildman–Crippen MR) is 83.6 cm³/mol. The Morgan fingerprint density at radius 3 is 2.87 bits per heavy atom. The van der Waals surface area contributed by atoms with E-state index in [1.165, 1.54) is 18.9 Å². The molecule has 1 unspecified atom stereocenters. The third-order valence-electron chi connectivity index (χ3n) is 3.78. The number of H-pyrrole nitrogens is 1. The Labute approximate surface area is 137 Å². The molecule has 1 aliphatic heterocycles. The highest BCUT2D eigenvalue weighted by atomic mass is 32.2. The van der Waals surface area contributed by atoms with Crippen molar-refractivity contribution in [2.24, 2.45) is 0 Å². The molecule has 0 fully saturated rings. The molecule has 120 valence electrons. The largest absolute Gasteiger partial charge is 0.467 e. The molecule has 3 rings (SSSR count). The third-order valence-corrected chi connectivity index (χ3v) is 4.66. The molecule has 2 heterocycles. The minimum atomic E-state index is -0.583. The lowest BCUT2D eigenvalue weighted by Gasteiger charge is -2.35. The number of aromatic nitrogens is 3. The Morgan fingerprint density at radius 1 is 1.39 bits per heavy atom. The third kappa shape index (κ3) is 3.37. The van der Waals surface area contributed by atoms with Gasteiger partial charge in [0.05, 0.1) is 19.1 Å². The highest BCUT2D eigenvalue weighted by Gasteiger charge is 2.35. The molecular formula is C15H16N4O3S. The minimum absolute atomic E-state index is 0.122. The molecule has 7 nitrogen and oxygen atoms in total. The summed E-state index contributed by atoms with van der Waals surface area (Å²) in [7, 11) is 1.34. The van der Waals surface area contributed by atoms with Crippen molar-refractivity contribution in [1.82, 2.24) is 20.3 Å². The first-order chi connectivity index (χ1) is 11.2. The van der Waals surface area contributed by atoms with Gasteiger partial charge in [-0.25, -0.2) is 4.79 Å². The zero-order valence-corrected chi connectivity index (χ0v) is 13.4. The summed E-state index contributed by atoms with van der Waals surface area (Å²) in [6.45, 7) is 0.411. The van der Waals surface area contributed by atoms with E-state index in [1.807, 2.05) is 24.3 Å². The van der Waals surface area contributed by atoms with Crippen molar-refractivity contribution < 1.29 is 14.3 Å². The number of ether oxygens (including phenoxy) is 1. The molecule has 0 aliphatic carbocycles. The molecular weight excluding hydrogens is 316 g/mol. The van der Waals surface area contributed by atoms with Crippen LogP contribution in [0.2, 0.25) is 0 Å². The van der Waals surface area contributed by atoms with Crippen LogP contribution in [0.3, 0.4) is 0 Å². The fraction of sp³-hybridized carbons (Fsp3) is 0.333. The van der Waals surface area contributed by atoms with Crippen LogP contribution in [0.15, 0.2) is 35.5 Å². The molecule has 1 atom stereocenters. The number of amides is 1. The number of hydrogen-bond donors (Lipinski definition) is 1. The van der Waals surface area contributed by atoms with Gasteiger partial charge in [-0.15, -0.1) is 5.10 Å². The molecule has 1 aromatic carbocycles. The fourth-order valence-corrected chi connectivity index (χ4v) is 3.28. The van der Waals surface area contributed by atoms with Gasteiger partial charge in [0.2, 0.25) is 5.91 Å². The molecule has 1 amide bonds. The zero-order valence-electron chi connectivity index (χ0n) is 12.6. The summed E-state index contributed by atoms with van der Waals surface area (Å²) in [5.41, 5.74) is 2.14. The summed E-state index contributed by atoms with van der Waals surface area (Å²) in [6, 6.07) is 7.25. The summed E-state index contributed by atoms with van der Waals surface area (Å²) in [5, 5.41) is 10.8. The quantitative estimate of drug-likeness (QED) is 0.664. The second-order valence-electron chi connectivity index (χ2n) is 5.13. The van der Waals surface area contributed by atoms with Gasteiger partial charge in [0.15, 0.2) is 0 Å². The molecule has 1 aliphatic rings. The average molecular weight is 332 g/mol. The number of rotatable bonds is 4. The Morgan fingerprint density at radius 2 is 2.17 bits per heavy atom. The van der Waals surface area contributed by atoms with Crippen LogP contribution < -0.4 is 0 Å². The SMILES string of the molecule is COC(=O)C1Cc2ccccc2CN1C(=O)CSc1cn[nH]n1. The predicted octanol–water partition coefficient (Wildman–Crippen LogP) is 1.02. The number of esters is 1. The number of aromatic amines is 1. The van der Waals surface area contributed by atoms with E-state index in [4.69, 9.17) is 4.74 Å². The maximum Gasteiger partial charge on any atom is 0.328 e. The van der Waals surface area contributed by atoms with E-state index in [0.29, 0.717) is 18.0 Å². The molecule has 1 N–H and O–H groups in total. The van der Waals surface area contributed by atoms with Crippen LogP contribution in [0.25, 0.3) is 0 Å². The van der Waals surface area contributed by atoms with Crippen LogP contribution in [-0.4, -0.2) is 51.1 Å². The minimum Gasteiger partial charge on any atom is -0.467 e. The molecule has 0 saturated heterocycles. The topological polar surface area (TPSA) is 88.2 Å². The highest BCUT2D eigenvalue weighted by molar-refractivity contribution is 7.99. The summed E-state index contributed by atoms with van der Waals surface area (Å²) in [5.74, 6) is -0.315. The summed E-state index contributed by atoms with van der Waals surface area (Å²) < 4.78 is 4.87. The Kier molecular flexibility index (Phi) is 4.61. The first-order valence-electron chi connectivity index (χ1n) is 7.11. The standard InChI is InChI=1S/C15H16N4O3S/c1-22-15(21)12-6-10-4-2-3-5-11(10)8-19(12)14(20)9-23-13-7-16-18-17-13/h2-5,7,12H,6,8-9H2,1H3,(H,16,17,18). The molecule has 0 bridgehead atoms. The van der Waals surface area contributed by atoms with E-state index in [-0.39, 0.29) is 17.6 Å². The van der Waals surface area contributed by atoms with E-state index in [0.717, 1.165) is 11.1 Å². The monoisotopic (exact) mass is 332 g/mol. The summed E-state index contributed by atoms with van der Waals surface area (Å²) >= 11 is 1.28. The molecule has 8 heteroatoms. The Bertz CT molecular complexity index is 705. The van der Waals surface area contributed by atoms with Crippen LogP contribution in [-0.2, 0) is 27.3 Å². The van der Waals surface area contributed by atoms with Gasteiger partial charge in [-0.2, -0.15) is 10.3 Å². The van der Waals surface area contributed by atoms with Crippen molar-refractivity contribution >= 4 is 23.6 Å². The Balaban J connectivity index is 1.77. The van der Waals surface area contributed by atoms with Crippen LogP contribution in [0, 0.1) is 0 Å². The zero-order chi connectivity index (χ0) is 16.2. The number of fused-ring (bicyclic) bond motifs is 1. The van der Waals surface area contributed by atoms with Crippen LogP contribution >= 0.6 is 11.8 Å². The summed E-state index contributed by atoms with van der Waals surface area (Å²) in [6.07, 6.45) is 2.03. The van der Waals surface area contributed by atoms with Crippen molar-refractivity contribution in [3.63, 3.8) is 0 Å². The first-order valence-corrected chi connectivity index (χ1v) is 8.10. The highest BCUT2D eigenvalue weighted by Crippen LogP contribution is 2.25. The van der Waals surface area contributed by atoms with Gasteiger partial charge in [-0.3, -0.25) is 4.79 Å². The van der Waals surface area contributed by atoms with Crippen molar-refractivity contribution in [2.45, 2.75) is 24.0 Å². The van der Waals surface area contributed by atoms with Crippen molar-refractivity contribution in [3.8, 4) is 0 Å². The van der Waals surface area contributed by atoms with Gasteiger partial charge in [-0.1, -0.05) is 36.0 Å². The molecule has 0 radical (unpaired) electrons. The molecule has 1 aromatic heterocycles. The second-order valence-corrected chi connectivity index (χ2v) is 6.13. The van der Waals surface area contributed by atoms with E-state index in [1.54, 1.807) is 11.1 Å². The van der Waals surface area contributed by atoms with Crippen LogP contribution in [0.5, 0.6) is 0 Å². The number of benzene rings is 1. The number of carbonyl (C=O) groups is 2. The average Bonchev–Trinajstić information content (AvgIpc) is 3.11. The smallest absolute Gasteiger partial charge is 0.328 e. The van der Waals surface area contributed by atoms with Gasteiger partial charge < -0.3 is 9.64 Å². The molecule has 23 heavy (non-hydrogen) atoms. The molecule has 0 spiro atoms. The lowest BCUT2D eigenvalue weighted by Crippen LogP contribution is -2.49. The van der Waals surface area contributed by atoms with Crippen molar-refractivity contribution in [3.05, 3.63) is 41.6 Å². The van der Waals surface area contributed by atoms with Gasteiger partial charge in [0.1, 0.15) is 11.1 Å². The number of thioether (sulfide) groups is 1. The van der Waals surface area contributed by atoms with E-state index >= 15 is 0 Å². The first kappa shape index (κ1) is 15.5. The molecule has 0 saturated carbocycles. The van der Waals surface area contributed by atoms with E-state index in [9.17, 15) is 9.59 Å². The van der Waals surface area contributed by atoms with Crippen molar-refractivity contribution in [1.29, 1.82) is 0 Å². The lowest BCUT2D eigenvalue weighted by atomic mass is 9.94. The number of methoxy groups -OCH3 is 1. The lowest BCUT2D eigenvalue weighted by molar-refractivity contribution is -0.153. The maximum absolute atomic E-state index is 12.6. The van der Waals surface area contributed by atoms with Crippen LogP contribution in [0.1, 0.15) is 11.1 Å².